The summed E-state index contributed by atoms with van der Waals surface area (Å²) in [5.74, 6) is -1.04. The number of carbonyl (C=O) groups is 2. The highest BCUT2D eigenvalue weighted by Crippen LogP contribution is 2.22. The molecular weight excluding hydrogens is 288 g/mol. The van der Waals surface area contributed by atoms with Crippen LogP contribution in [0.2, 0.25) is 0 Å². The predicted molar refractivity (Wildman–Crippen MR) is 91.9 cm³/mol. The Morgan fingerprint density at radius 2 is 1.39 bits per heavy atom. The molecule has 118 valence electrons. The molecule has 0 amide bonds. The second-order valence-electron chi connectivity index (χ2n) is 6.45. The zero-order chi connectivity index (χ0) is 17.0. The second kappa shape index (κ2) is 6.61. The summed E-state index contributed by atoms with van der Waals surface area (Å²) in [4.78, 5) is 23.0. The van der Waals surface area contributed by atoms with Crippen molar-refractivity contribution < 1.29 is 14.7 Å². The van der Waals surface area contributed by atoms with Gasteiger partial charge in [-0.15, -0.1) is 0 Å². The molecule has 0 heterocycles. The van der Waals surface area contributed by atoms with E-state index in [1.165, 1.54) is 23.8 Å². The summed E-state index contributed by atoms with van der Waals surface area (Å²) < 4.78 is 0. The Hall–Kier alpha value is -2.68. The van der Waals surface area contributed by atoms with Gasteiger partial charge in [-0.3, -0.25) is 4.79 Å². The van der Waals surface area contributed by atoms with Crippen molar-refractivity contribution in [3.8, 4) is 0 Å². The van der Waals surface area contributed by atoms with E-state index in [1.807, 2.05) is 24.3 Å². The fraction of sp³-hybridized carbons (Fsp3) is 0.200. The van der Waals surface area contributed by atoms with Gasteiger partial charge in [-0.1, -0.05) is 63.2 Å². The highest BCUT2D eigenvalue weighted by Gasteiger charge is 2.13. The molecule has 0 aromatic heterocycles. The molecule has 0 spiro atoms. The molecular formula is C20H20O3. The third kappa shape index (κ3) is 4.39. The number of benzene rings is 2. The average Bonchev–Trinajstić information content (AvgIpc) is 2.52. The fourth-order valence-electron chi connectivity index (χ4n) is 2.14. The van der Waals surface area contributed by atoms with Crippen LogP contribution in [0, 0.1) is 0 Å². The standard InChI is InChI=1S/C20H20O3/c1-20(2,3)17-11-9-15(10-12-17)18(21)13-6-14-4-7-16(8-5-14)19(22)23/h4-13H,1-3H3,(H,22,23). The van der Waals surface area contributed by atoms with Gasteiger partial charge in [0.15, 0.2) is 5.78 Å². The lowest BCUT2D eigenvalue weighted by Gasteiger charge is -2.18. The molecule has 0 unspecified atom stereocenters. The van der Waals surface area contributed by atoms with E-state index >= 15 is 0 Å². The highest BCUT2D eigenvalue weighted by atomic mass is 16.4. The van der Waals surface area contributed by atoms with E-state index in [2.05, 4.69) is 20.8 Å². The Labute approximate surface area is 136 Å². The van der Waals surface area contributed by atoms with Gasteiger partial charge in [-0.2, -0.15) is 0 Å². The van der Waals surface area contributed by atoms with Gasteiger partial charge < -0.3 is 5.11 Å². The van der Waals surface area contributed by atoms with Crippen molar-refractivity contribution in [3.05, 3.63) is 76.9 Å². The minimum Gasteiger partial charge on any atom is -0.478 e. The second-order valence-corrected chi connectivity index (χ2v) is 6.45. The van der Waals surface area contributed by atoms with E-state index in [-0.39, 0.29) is 16.8 Å². The van der Waals surface area contributed by atoms with Crippen molar-refractivity contribution >= 4 is 17.8 Å². The number of rotatable bonds is 4. The van der Waals surface area contributed by atoms with E-state index in [4.69, 9.17) is 5.11 Å². The van der Waals surface area contributed by atoms with Crippen LogP contribution in [0.3, 0.4) is 0 Å². The van der Waals surface area contributed by atoms with Gasteiger partial charge in [0.25, 0.3) is 0 Å². The maximum Gasteiger partial charge on any atom is 0.335 e. The van der Waals surface area contributed by atoms with Crippen molar-refractivity contribution in [2.45, 2.75) is 26.2 Å². The summed E-state index contributed by atoms with van der Waals surface area (Å²) in [7, 11) is 0. The lowest BCUT2D eigenvalue weighted by Crippen LogP contribution is -2.11. The Morgan fingerprint density at radius 1 is 0.870 bits per heavy atom. The molecule has 0 aliphatic heterocycles. The first kappa shape index (κ1) is 16.7. The quantitative estimate of drug-likeness (QED) is 0.664. The number of allylic oxidation sites excluding steroid dienone is 1. The number of aromatic carboxylic acids is 1. The molecule has 3 heteroatoms. The number of hydrogen-bond acceptors (Lipinski definition) is 2. The minimum atomic E-state index is -0.962. The summed E-state index contributed by atoms with van der Waals surface area (Å²) >= 11 is 0. The van der Waals surface area contributed by atoms with Crippen molar-refractivity contribution in [3.63, 3.8) is 0 Å². The van der Waals surface area contributed by atoms with Gasteiger partial charge >= 0.3 is 5.97 Å². The molecule has 0 fully saturated rings. The number of ketones is 1. The maximum atomic E-state index is 12.2. The molecule has 3 nitrogen and oxygen atoms in total. The Bertz CT molecular complexity index is 730. The fourth-order valence-corrected chi connectivity index (χ4v) is 2.14. The minimum absolute atomic E-state index is 0.0588. The Kier molecular flexibility index (Phi) is 4.80. The number of hydrogen-bond donors (Lipinski definition) is 1. The molecule has 2 rings (SSSR count). The Morgan fingerprint density at radius 3 is 1.87 bits per heavy atom. The molecule has 0 saturated heterocycles. The summed E-state index contributed by atoms with van der Waals surface area (Å²) in [6.45, 7) is 6.39. The first-order valence-corrected chi connectivity index (χ1v) is 7.44. The molecule has 0 bridgehead atoms. The van der Waals surface area contributed by atoms with Crippen LogP contribution < -0.4 is 0 Å². The van der Waals surface area contributed by atoms with E-state index in [1.54, 1.807) is 18.2 Å². The number of carboxylic acid groups (broad SMARTS) is 1. The molecule has 2 aromatic carbocycles. The third-order valence-electron chi connectivity index (χ3n) is 3.62. The van der Waals surface area contributed by atoms with Gasteiger partial charge in [0.05, 0.1) is 5.56 Å². The largest absolute Gasteiger partial charge is 0.478 e. The molecule has 0 saturated carbocycles. The van der Waals surface area contributed by atoms with Crippen LogP contribution in [0.5, 0.6) is 0 Å². The van der Waals surface area contributed by atoms with Gasteiger partial charge in [0.1, 0.15) is 0 Å². The van der Waals surface area contributed by atoms with Gasteiger partial charge in [-0.05, 0) is 34.8 Å². The topological polar surface area (TPSA) is 54.4 Å². The van der Waals surface area contributed by atoms with E-state index < -0.39 is 5.97 Å². The van der Waals surface area contributed by atoms with E-state index in [0.29, 0.717) is 5.56 Å². The van der Waals surface area contributed by atoms with Crippen LogP contribution in [0.25, 0.3) is 6.08 Å². The predicted octanol–water partition coefficient (Wildman–Crippen LogP) is 4.58. The number of carbonyl (C=O) groups excluding carboxylic acids is 1. The van der Waals surface area contributed by atoms with Crippen molar-refractivity contribution in [1.82, 2.24) is 0 Å². The summed E-state index contributed by atoms with van der Waals surface area (Å²) in [5.41, 5.74) is 2.89. The van der Waals surface area contributed by atoms with Crippen molar-refractivity contribution in [2.75, 3.05) is 0 Å². The average molecular weight is 308 g/mol. The lowest BCUT2D eigenvalue weighted by atomic mass is 9.86. The van der Waals surface area contributed by atoms with Crippen LogP contribution >= 0.6 is 0 Å². The normalized spacial score (nSPS) is 11.6. The zero-order valence-electron chi connectivity index (χ0n) is 13.5. The molecule has 0 atom stereocenters. The maximum absolute atomic E-state index is 12.2. The molecule has 0 aliphatic carbocycles. The lowest BCUT2D eigenvalue weighted by molar-refractivity contribution is 0.0696. The molecule has 23 heavy (non-hydrogen) atoms. The van der Waals surface area contributed by atoms with Crippen molar-refractivity contribution in [1.29, 1.82) is 0 Å². The van der Waals surface area contributed by atoms with Gasteiger partial charge in [0.2, 0.25) is 0 Å². The van der Waals surface area contributed by atoms with Crippen LogP contribution in [-0.4, -0.2) is 16.9 Å². The molecule has 1 N–H and O–H groups in total. The van der Waals surface area contributed by atoms with Gasteiger partial charge in [-0.25, -0.2) is 4.79 Å². The van der Waals surface area contributed by atoms with Gasteiger partial charge in [0, 0.05) is 5.56 Å². The summed E-state index contributed by atoms with van der Waals surface area (Å²) in [6.07, 6.45) is 3.19. The first-order valence-electron chi connectivity index (χ1n) is 7.44. The van der Waals surface area contributed by atoms with E-state index in [0.717, 1.165) is 5.56 Å². The summed E-state index contributed by atoms with van der Waals surface area (Å²) in [6, 6.07) is 14.0. The first-order chi connectivity index (χ1) is 10.8. The monoisotopic (exact) mass is 308 g/mol. The zero-order valence-corrected chi connectivity index (χ0v) is 13.5. The van der Waals surface area contributed by atoms with Crippen LogP contribution in [-0.2, 0) is 5.41 Å². The van der Waals surface area contributed by atoms with Crippen molar-refractivity contribution in [2.24, 2.45) is 0 Å². The smallest absolute Gasteiger partial charge is 0.335 e. The van der Waals surface area contributed by atoms with E-state index in [9.17, 15) is 9.59 Å². The Balaban J connectivity index is 2.10. The van der Waals surface area contributed by atoms with Crippen LogP contribution in [0.1, 0.15) is 52.6 Å². The van der Waals surface area contributed by atoms with Crippen LogP contribution in [0.15, 0.2) is 54.6 Å². The summed E-state index contributed by atoms with van der Waals surface area (Å²) in [5, 5.41) is 8.85. The highest BCUT2D eigenvalue weighted by molar-refractivity contribution is 6.06. The number of carboxylic acids is 1. The van der Waals surface area contributed by atoms with Crippen LogP contribution in [0.4, 0.5) is 0 Å². The molecule has 2 aromatic rings. The third-order valence-corrected chi connectivity index (χ3v) is 3.62. The molecule has 0 radical (unpaired) electrons. The molecule has 0 aliphatic rings. The SMILES string of the molecule is CC(C)(C)c1ccc(C(=O)C=Cc2ccc(C(=O)O)cc2)cc1.